The van der Waals surface area contributed by atoms with Crippen LogP contribution in [0.25, 0.3) is 67.3 Å². The zero-order valence-electron chi connectivity index (χ0n) is 39.3. The van der Waals surface area contributed by atoms with Gasteiger partial charge in [-0.2, -0.15) is 0 Å². The molecule has 8 aromatic rings. The van der Waals surface area contributed by atoms with Crippen molar-refractivity contribution < 1.29 is 0 Å². The number of aromatic amines is 4. The summed E-state index contributed by atoms with van der Waals surface area (Å²) in [6.45, 7) is 8.54. The first-order chi connectivity index (χ1) is 32.9. The first-order valence-electron chi connectivity index (χ1n) is 25.0. The third kappa shape index (κ3) is 9.21. The Labute approximate surface area is 394 Å². The van der Waals surface area contributed by atoms with Crippen molar-refractivity contribution in [2.75, 3.05) is 13.1 Å². The maximum atomic E-state index is 4.98. The van der Waals surface area contributed by atoms with Gasteiger partial charge in [-0.15, -0.1) is 0 Å². The average molecular weight is 889 g/mol. The Morgan fingerprint density at radius 2 is 0.701 bits per heavy atom. The second-order valence-corrected chi connectivity index (χ2v) is 19.5. The van der Waals surface area contributed by atoms with E-state index in [1.54, 1.807) is 0 Å². The molecule has 2 saturated carbocycles. The van der Waals surface area contributed by atoms with Gasteiger partial charge in [0.15, 0.2) is 0 Å². The summed E-state index contributed by atoms with van der Waals surface area (Å²) in [5.74, 6) is 5.67. The number of aromatic nitrogens is 8. The molecule has 2 saturated heterocycles. The number of nitrogens with zero attached hydrogens (tertiary/aromatic N) is 4. The number of rotatable bonds is 10. The van der Waals surface area contributed by atoms with E-state index < -0.39 is 0 Å². The zero-order chi connectivity index (χ0) is 45.3. The fraction of sp³-hybridized carbons (Fsp3) is 0.368. The number of H-pyrrole nitrogens is 4. The maximum Gasteiger partial charge on any atom is 0.124 e. The normalized spacial score (nSPS) is 18.8. The zero-order valence-corrected chi connectivity index (χ0v) is 39.3. The summed E-state index contributed by atoms with van der Waals surface area (Å²) >= 11 is 0. The Morgan fingerprint density at radius 1 is 0.358 bits per heavy atom. The van der Waals surface area contributed by atoms with Gasteiger partial charge in [-0.1, -0.05) is 123 Å². The Morgan fingerprint density at radius 3 is 1.09 bits per heavy atom. The number of imidazole rings is 4. The summed E-state index contributed by atoms with van der Waals surface area (Å²) < 4.78 is 0. The van der Waals surface area contributed by atoms with E-state index in [0.717, 1.165) is 71.6 Å². The molecule has 0 amide bonds. The van der Waals surface area contributed by atoms with E-state index in [4.69, 9.17) is 15.0 Å². The predicted molar refractivity (Wildman–Crippen MR) is 271 cm³/mol. The van der Waals surface area contributed by atoms with Crippen molar-refractivity contribution in [3.63, 3.8) is 0 Å². The SMILES string of the molecule is Cc1[nH]c(C2CCCC2)nc1-c1ccc(-c2ccc(-c3cnc([C@@H]4CCCN4)[nH]3)cc2)cc1.Cc1[nH]c(C2CCCC2)nc1-c1ccc(-c2ccc(-c3nc([C@@H]4CCCN4)[nH]c3C)cc2)cc1. The van der Waals surface area contributed by atoms with Gasteiger partial charge in [0.25, 0.3) is 0 Å². The number of benzene rings is 4. The van der Waals surface area contributed by atoms with Crippen LogP contribution in [0.2, 0.25) is 0 Å². The van der Waals surface area contributed by atoms with E-state index in [1.807, 2.05) is 6.20 Å². The molecule has 342 valence electrons. The second kappa shape index (κ2) is 19.1. The van der Waals surface area contributed by atoms with Crippen molar-refractivity contribution in [3.8, 4) is 67.3 Å². The topological polar surface area (TPSA) is 139 Å². The lowest BCUT2D eigenvalue weighted by molar-refractivity contribution is 0.612. The van der Waals surface area contributed by atoms with Gasteiger partial charge in [0.2, 0.25) is 0 Å². The van der Waals surface area contributed by atoms with Gasteiger partial charge >= 0.3 is 0 Å². The lowest BCUT2D eigenvalue weighted by Gasteiger charge is -2.07. The van der Waals surface area contributed by atoms with Crippen LogP contribution in [0.15, 0.2) is 103 Å². The van der Waals surface area contributed by atoms with E-state index in [-0.39, 0.29) is 0 Å². The molecule has 10 heteroatoms. The fourth-order valence-corrected chi connectivity index (χ4v) is 11.0. The van der Waals surface area contributed by atoms with Crippen LogP contribution in [0.1, 0.15) is 141 Å². The molecule has 2 aliphatic heterocycles. The van der Waals surface area contributed by atoms with Gasteiger partial charge in [0.1, 0.15) is 23.3 Å². The monoisotopic (exact) mass is 889 g/mol. The largest absolute Gasteiger partial charge is 0.345 e. The molecule has 0 bridgehead atoms. The number of hydrogen-bond acceptors (Lipinski definition) is 6. The summed E-state index contributed by atoms with van der Waals surface area (Å²) in [7, 11) is 0. The highest BCUT2D eigenvalue weighted by atomic mass is 15.1. The van der Waals surface area contributed by atoms with Crippen molar-refractivity contribution in [2.45, 2.75) is 122 Å². The van der Waals surface area contributed by atoms with Crippen LogP contribution in [0.5, 0.6) is 0 Å². The van der Waals surface area contributed by atoms with E-state index in [1.165, 1.54) is 126 Å². The minimum atomic E-state index is 0.359. The van der Waals surface area contributed by atoms with Gasteiger partial charge in [0, 0.05) is 45.6 Å². The molecular formula is C57H64N10. The van der Waals surface area contributed by atoms with Crippen molar-refractivity contribution in [2.24, 2.45) is 0 Å². The van der Waals surface area contributed by atoms with Gasteiger partial charge < -0.3 is 30.6 Å². The third-order valence-corrected chi connectivity index (χ3v) is 14.9. The van der Waals surface area contributed by atoms with Gasteiger partial charge in [-0.3, -0.25) is 0 Å². The molecule has 4 aromatic heterocycles. The molecule has 6 heterocycles. The van der Waals surface area contributed by atoms with Crippen molar-refractivity contribution in [1.82, 2.24) is 50.5 Å². The lowest BCUT2D eigenvalue weighted by Crippen LogP contribution is -2.14. The number of nitrogens with one attached hydrogen (secondary N) is 6. The molecule has 2 atom stereocenters. The molecule has 6 N–H and O–H groups in total. The van der Waals surface area contributed by atoms with Crippen molar-refractivity contribution in [3.05, 3.63) is 144 Å². The quantitative estimate of drug-likeness (QED) is 0.0808. The minimum Gasteiger partial charge on any atom is -0.345 e. The van der Waals surface area contributed by atoms with Crippen LogP contribution in [0.4, 0.5) is 0 Å². The molecule has 12 rings (SSSR count). The maximum absolute atomic E-state index is 4.98. The Bertz CT molecular complexity index is 2790. The Balaban J connectivity index is 0.000000148. The molecule has 0 radical (unpaired) electrons. The number of aryl methyl sites for hydroxylation is 3. The van der Waals surface area contributed by atoms with Crippen molar-refractivity contribution in [1.29, 1.82) is 0 Å². The Kier molecular flexibility index (Phi) is 12.3. The average Bonchev–Trinajstić information content (AvgIpc) is 4.21. The summed E-state index contributed by atoms with van der Waals surface area (Å²) in [6.07, 6.45) is 17.0. The Hall–Kier alpha value is -6.36. The van der Waals surface area contributed by atoms with Crippen LogP contribution < -0.4 is 10.6 Å². The van der Waals surface area contributed by atoms with Crippen LogP contribution in [-0.2, 0) is 0 Å². The molecule has 4 aromatic carbocycles. The first-order valence-corrected chi connectivity index (χ1v) is 25.0. The van der Waals surface area contributed by atoms with E-state index in [0.29, 0.717) is 23.9 Å². The van der Waals surface area contributed by atoms with Crippen molar-refractivity contribution >= 4 is 0 Å². The summed E-state index contributed by atoms with van der Waals surface area (Å²) in [4.78, 5) is 33.6. The summed E-state index contributed by atoms with van der Waals surface area (Å²) in [5, 5.41) is 7.03. The molecule has 0 unspecified atom stereocenters. The molecular weight excluding hydrogens is 825 g/mol. The smallest absolute Gasteiger partial charge is 0.124 e. The fourth-order valence-electron chi connectivity index (χ4n) is 11.0. The standard InChI is InChI=1S/C29H33N5.C28H31N5/c1-18-26(33-28(31-18)24-6-3-4-7-24)22-13-9-20(10-14-22)21-11-15-23(16-12-21)27-19(2)32-29(34-27)25-8-5-17-30-25;1-18-26(33-27(31-18)23-5-2-3-6-23)22-14-10-20(11-15-22)19-8-12-21(13-9-19)25-17-30-28(32-25)24-7-4-16-29-24/h9-16,24-25,30H,3-8,17H2,1-2H3,(H,31,33)(H,32,34);8-15,17,23-24,29H,2-7,16H2,1H3,(H,30,32)(H,31,33)/t25-;24-/m00/s1. The summed E-state index contributed by atoms with van der Waals surface area (Å²) in [5.41, 5.74) is 17.3. The molecule has 10 nitrogen and oxygen atoms in total. The van der Waals surface area contributed by atoms with E-state index in [9.17, 15) is 0 Å². The molecule has 67 heavy (non-hydrogen) atoms. The second-order valence-electron chi connectivity index (χ2n) is 19.5. The minimum absolute atomic E-state index is 0.359. The molecule has 2 aliphatic carbocycles. The van der Waals surface area contributed by atoms with E-state index >= 15 is 0 Å². The predicted octanol–water partition coefficient (Wildman–Crippen LogP) is 13.4. The summed E-state index contributed by atoms with van der Waals surface area (Å²) in [6, 6.07) is 35.8. The molecule has 4 aliphatic rings. The highest BCUT2D eigenvalue weighted by Crippen LogP contribution is 2.37. The van der Waals surface area contributed by atoms with Crippen LogP contribution >= 0.6 is 0 Å². The van der Waals surface area contributed by atoms with Gasteiger partial charge in [-0.25, -0.2) is 19.9 Å². The highest BCUT2D eigenvalue weighted by Gasteiger charge is 2.25. The van der Waals surface area contributed by atoms with Gasteiger partial charge in [0.05, 0.1) is 41.1 Å². The number of hydrogen-bond donors (Lipinski definition) is 6. The molecule has 4 fully saturated rings. The lowest BCUT2D eigenvalue weighted by atomic mass is 10.0. The van der Waals surface area contributed by atoms with Crippen LogP contribution in [0.3, 0.4) is 0 Å². The van der Waals surface area contributed by atoms with Gasteiger partial charge in [-0.05, 0) is 113 Å². The first kappa shape index (κ1) is 43.2. The third-order valence-electron chi connectivity index (χ3n) is 14.9. The highest BCUT2D eigenvalue weighted by molar-refractivity contribution is 5.74. The van der Waals surface area contributed by atoms with Crippen LogP contribution in [-0.4, -0.2) is 53.0 Å². The van der Waals surface area contributed by atoms with E-state index in [2.05, 4.69) is 153 Å². The molecule has 0 spiro atoms. The van der Waals surface area contributed by atoms with Crippen LogP contribution in [0, 0.1) is 20.8 Å².